The van der Waals surface area contributed by atoms with E-state index in [1.807, 2.05) is 43.0 Å². The fourth-order valence-electron chi connectivity index (χ4n) is 3.06. The highest BCUT2D eigenvalue weighted by Gasteiger charge is 2.20. The van der Waals surface area contributed by atoms with Crippen molar-refractivity contribution in [2.24, 2.45) is 0 Å². The number of nitrogens with one attached hydrogen (secondary N) is 1. The number of carbonyl (C=O) groups excluding carboxylic acids is 2. The van der Waals surface area contributed by atoms with Crippen LogP contribution < -0.4 is 5.32 Å². The van der Waals surface area contributed by atoms with Crippen molar-refractivity contribution >= 4 is 23.2 Å². The third-order valence-electron chi connectivity index (χ3n) is 4.27. The van der Waals surface area contributed by atoms with Crippen LogP contribution in [0.3, 0.4) is 0 Å². The van der Waals surface area contributed by atoms with Crippen LogP contribution in [0, 0.1) is 13.8 Å². The predicted octanol–water partition coefficient (Wildman–Crippen LogP) is 3.42. The molecule has 3 rings (SSSR count). The molecule has 0 radical (unpaired) electrons. The first-order chi connectivity index (χ1) is 11.5. The minimum atomic E-state index is -0.0306. The summed E-state index contributed by atoms with van der Waals surface area (Å²) in [5.41, 5.74) is 2.92. The van der Waals surface area contributed by atoms with Gasteiger partial charge in [-0.3, -0.25) is 9.59 Å². The molecule has 1 saturated heterocycles. The molecular formula is C19H22N2O2S. The van der Waals surface area contributed by atoms with Crippen molar-refractivity contribution in [1.82, 2.24) is 10.2 Å². The lowest BCUT2D eigenvalue weighted by Crippen LogP contribution is -2.24. The van der Waals surface area contributed by atoms with Crippen LogP contribution in [0.2, 0.25) is 0 Å². The van der Waals surface area contributed by atoms with Crippen molar-refractivity contribution in [3.8, 4) is 0 Å². The summed E-state index contributed by atoms with van der Waals surface area (Å²) >= 11 is 1.64. The molecule has 126 valence electrons. The minimum Gasteiger partial charge on any atom is -0.348 e. The third kappa shape index (κ3) is 3.85. The molecule has 5 heteroatoms. The maximum Gasteiger partial charge on any atom is 0.252 e. The van der Waals surface area contributed by atoms with Gasteiger partial charge >= 0.3 is 0 Å². The maximum absolute atomic E-state index is 12.3. The summed E-state index contributed by atoms with van der Waals surface area (Å²) < 4.78 is 0. The van der Waals surface area contributed by atoms with Gasteiger partial charge in [-0.2, -0.15) is 0 Å². The molecule has 4 nitrogen and oxygen atoms in total. The number of nitrogens with zero attached hydrogens (tertiary/aromatic N) is 1. The Morgan fingerprint density at radius 2 is 2.04 bits per heavy atom. The molecule has 0 atom stereocenters. The topological polar surface area (TPSA) is 49.4 Å². The summed E-state index contributed by atoms with van der Waals surface area (Å²) in [5, 5.41) is 2.99. The number of benzene rings is 1. The van der Waals surface area contributed by atoms with Crippen molar-refractivity contribution in [1.29, 1.82) is 0 Å². The number of rotatable bonds is 5. The summed E-state index contributed by atoms with van der Waals surface area (Å²) in [6, 6.07) is 10.0. The maximum atomic E-state index is 12.3. The second kappa shape index (κ2) is 7.18. The van der Waals surface area contributed by atoms with Crippen molar-refractivity contribution in [3.63, 3.8) is 0 Å². The summed E-state index contributed by atoms with van der Waals surface area (Å²) in [4.78, 5) is 28.1. The van der Waals surface area contributed by atoms with E-state index in [1.54, 1.807) is 11.3 Å². The average Bonchev–Trinajstić information content (AvgIpc) is 3.11. The zero-order chi connectivity index (χ0) is 17.1. The lowest BCUT2D eigenvalue weighted by molar-refractivity contribution is -0.128. The molecule has 2 heterocycles. The van der Waals surface area contributed by atoms with Gasteiger partial charge in [0.1, 0.15) is 0 Å². The van der Waals surface area contributed by atoms with Crippen LogP contribution >= 0.6 is 11.3 Å². The van der Waals surface area contributed by atoms with E-state index < -0.39 is 0 Å². The van der Waals surface area contributed by atoms with Gasteiger partial charge in [0, 0.05) is 35.8 Å². The molecule has 1 aromatic carbocycles. The Kier molecular flexibility index (Phi) is 5.00. The van der Waals surface area contributed by atoms with E-state index >= 15 is 0 Å². The lowest BCUT2D eigenvalue weighted by atomic mass is 10.1. The average molecular weight is 342 g/mol. The molecule has 0 saturated carbocycles. The first kappa shape index (κ1) is 16.7. The second-order valence-electron chi connectivity index (χ2n) is 6.25. The number of likely N-dealkylation sites (tertiary alicyclic amines) is 1. The summed E-state index contributed by atoms with van der Waals surface area (Å²) in [6.45, 7) is 5.98. The number of hydrogen-bond acceptors (Lipinski definition) is 3. The van der Waals surface area contributed by atoms with E-state index in [2.05, 4.69) is 11.4 Å². The molecular weight excluding hydrogens is 320 g/mol. The van der Waals surface area contributed by atoms with E-state index in [0.29, 0.717) is 19.5 Å². The molecule has 0 spiro atoms. The van der Waals surface area contributed by atoms with Crippen LogP contribution in [0.4, 0.5) is 0 Å². The second-order valence-corrected chi connectivity index (χ2v) is 7.71. The zero-order valence-corrected chi connectivity index (χ0v) is 14.9. The van der Waals surface area contributed by atoms with Crippen LogP contribution in [-0.2, 0) is 17.9 Å². The number of carbonyl (C=O) groups is 2. The molecule has 2 amide bonds. The molecule has 2 aromatic rings. The minimum absolute atomic E-state index is 0.0306. The van der Waals surface area contributed by atoms with Gasteiger partial charge in [-0.05, 0) is 37.5 Å². The van der Waals surface area contributed by atoms with E-state index in [0.717, 1.165) is 39.4 Å². The number of thiophene rings is 1. The first-order valence-electron chi connectivity index (χ1n) is 8.24. The van der Waals surface area contributed by atoms with Crippen LogP contribution in [0.1, 0.15) is 44.1 Å². The molecule has 1 N–H and O–H groups in total. The largest absolute Gasteiger partial charge is 0.348 e. The van der Waals surface area contributed by atoms with Crippen LogP contribution in [-0.4, -0.2) is 23.3 Å². The standard InChI is InChI=1S/C19H22N2O2S/c1-13-9-17(14(2)24-13)19(23)20-11-15-5-3-6-16(10-15)12-21-8-4-7-18(21)22/h3,5-6,9-10H,4,7-8,11-12H2,1-2H3,(H,20,23). The van der Waals surface area contributed by atoms with E-state index in [4.69, 9.17) is 0 Å². The Morgan fingerprint density at radius 1 is 1.25 bits per heavy atom. The number of aryl methyl sites for hydroxylation is 2. The Labute approximate surface area is 146 Å². The zero-order valence-electron chi connectivity index (χ0n) is 14.1. The molecule has 1 aliphatic rings. The van der Waals surface area contributed by atoms with E-state index in [1.165, 1.54) is 0 Å². The lowest BCUT2D eigenvalue weighted by Gasteiger charge is -2.16. The van der Waals surface area contributed by atoms with Gasteiger partial charge in [0.2, 0.25) is 5.91 Å². The first-order valence-corrected chi connectivity index (χ1v) is 9.05. The van der Waals surface area contributed by atoms with Crippen LogP contribution in [0.25, 0.3) is 0 Å². The van der Waals surface area contributed by atoms with Crippen LogP contribution in [0.15, 0.2) is 30.3 Å². The van der Waals surface area contributed by atoms with Crippen molar-refractivity contribution in [2.75, 3.05) is 6.54 Å². The highest BCUT2D eigenvalue weighted by atomic mass is 32.1. The molecule has 0 bridgehead atoms. The SMILES string of the molecule is Cc1cc(C(=O)NCc2cccc(CN3CCCC3=O)c2)c(C)s1. The van der Waals surface area contributed by atoms with Gasteiger partial charge < -0.3 is 10.2 Å². The third-order valence-corrected chi connectivity index (χ3v) is 5.24. The monoisotopic (exact) mass is 342 g/mol. The number of amides is 2. The Hall–Kier alpha value is -2.14. The Bertz CT molecular complexity index is 766. The highest BCUT2D eigenvalue weighted by Crippen LogP contribution is 2.20. The highest BCUT2D eigenvalue weighted by molar-refractivity contribution is 7.12. The summed E-state index contributed by atoms with van der Waals surface area (Å²) in [6.07, 6.45) is 1.61. The molecule has 24 heavy (non-hydrogen) atoms. The normalized spacial score (nSPS) is 14.2. The van der Waals surface area contributed by atoms with Crippen LogP contribution in [0.5, 0.6) is 0 Å². The number of hydrogen-bond donors (Lipinski definition) is 1. The van der Waals surface area contributed by atoms with E-state index in [9.17, 15) is 9.59 Å². The van der Waals surface area contributed by atoms with Crippen molar-refractivity contribution < 1.29 is 9.59 Å². The molecule has 0 aliphatic carbocycles. The quantitative estimate of drug-likeness (QED) is 0.905. The molecule has 1 aromatic heterocycles. The smallest absolute Gasteiger partial charge is 0.252 e. The van der Waals surface area contributed by atoms with Gasteiger partial charge in [0.25, 0.3) is 5.91 Å². The Morgan fingerprint density at radius 3 is 2.71 bits per heavy atom. The summed E-state index contributed by atoms with van der Waals surface area (Å²) in [5.74, 6) is 0.203. The van der Waals surface area contributed by atoms with Crippen molar-refractivity contribution in [2.45, 2.75) is 39.8 Å². The molecule has 0 unspecified atom stereocenters. The molecule has 1 fully saturated rings. The Balaban J connectivity index is 1.61. The fraction of sp³-hybridized carbons (Fsp3) is 0.368. The molecule has 1 aliphatic heterocycles. The van der Waals surface area contributed by atoms with Gasteiger partial charge in [-0.15, -0.1) is 11.3 Å². The van der Waals surface area contributed by atoms with Crippen molar-refractivity contribution in [3.05, 3.63) is 56.8 Å². The predicted molar refractivity (Wildman–Crippen MR) is 96.1 cm³/mol. The van der Waals surface area contributed by atoms with Gasteiger partial charge in [-0.25, -0.2) is 0 Å². The van der Waals surface area contributed by atoms with E-state index in [-0.39, 0.29) is 11.8 Å². The van der Waals surface area contributed by atoms with Gasteiger partial charge in [0.05, 0.1) is 5.56 Å². The van der Waals surface area contributed by atoms with Gasteiger partial charge in [-0.1, -0.05) is 24.3 Å². The van der Waals surface area contributed by atoms with Gasteiger partial charge in [0.15, 0.2) is 0 Å². The summed E-state index contributed by atoms with van der Waals surface area (Å²) in [7, 11) is 0. The fourth-order valence-corrected chi connectivity index (χ4v) is 3.98.